The number of alkyl halides is 1. The molecule has 0 amide bonds. The Hall–Kier alpha value is -0.840. The molecule has 1 aromatic rings. The summed E-state index contributed by atoms with van der Waals surface area (Å²) in [5.41, 5.74) is 0.257. The quantitative estimate of drug-likeness (QED) is 0.597. The zero-order valence-electron chi connectivity index (χ0n) is 9.27. The molecule has 0 bridgehead atoms. The van der Waals surface area contributed by atoms with Gasteiger partial charge in [0.25, 0.3) is 0 Å². The Kier molecular flexibility index (Phi) is 5.18. The molecule has 1 aromatic carbocycles. The van der Waals surface area contributed by atoms with Crippen LogP contribution in [0.25, 0.3) is 0 Å². The number of hydrogen-bond acceptors (Lipinski definition) is 1. The maximum Gasteiger partial charge on any atom is 0.194 e. The Balaban J connectivity index is 2.78. The summed E-state index contributed by atoms with van der Waals surface area (Å²) < 4.78 is 38.5. The predicted octanol–water partition coefficient (Wildman–Crippen LogP) is 3.78. The van der Waals surface area contributed by atoms with Crippen LogP contribution in [0, 0.1) is 17.5 Å². The van der Waals surface area contributed by atoms with Gasteiger partial charge in [-0.3, -0.25) is 4.79 Å². The van der Waals surface area contributed by atoms with Crippen LogP contribution in [0.2, 0.25) is 0 Å². The largest absolute Gasteiger partial charge is 0.298 e. The first-order valence-electron chi connectivity index (χ1n) is 5.26. The van der Waals surface area contributed by atoms with Gasteiger partial charge < -0.3 is 0 Å². The minimum absolute atomic E-state index is 0.0300. The third-order valence-corrected chi connectivity index (χ3v) is 3.14. The topological polar surface area (TPSA) is 17.1 Å². The van der Waals surface area contributed by atoms with Gasteiger partial charge >= 0.3 is 0 Å². The number of halogens is 4. The van der Waals surface area contributed by atoms with Crippen LogP contribution in [0.3, 0.4) is 0 Å². The Morgan fingerprint density at radius 2 is 1.82 bits per heavy atom. The summed E-state index contributed by atoms with van der Waals surface area (Å²) in [4.78, 5) is 11.0. The van der Waals surface area contributed by atoms with E-state index in [-0.39, 0.29) is 17.8 Å². The highest BCUT2D eigenvalue weighted by atomic mass is 79.9. The molecule has 17 heavy (non-hydrogen) atoms. The average molecular weight is 309 g/mol. The van der Waals surface area contributed by atoms with Gasteiger partial charge in [-0.05, 0) is 30.5 Å². The lowest BCUT2D eigenvalue weighted by Crippen LogP contribution is -2.16. The summed E-state index contributed by atoms with van der Waals surface area (Å²) >= 11 is 3.16. The number of carbonyl (C=O) groups is 1. The molecule has 0 N–H and O–H groups in total. The van der Waals surface area contributed by atoms with Gasteiger partial charge in [-0.25, -0.2) is 13.2 Å². The second-order valence-electron chi connectivity index (χ2n) is 3.76. The highest BCUT2D eigenvalue weighted by Gasteiger charge is 2.17. The summed E-state index contributed by atoms with van der Waals surface area (Å²) in [6, 6.07) is 1.82. The van der Waals surface area contributed by atoms with Crippen molar-refractivity contribution in [3.05, 3.63) is 35.1 Å². The van der Waals surface area contributed by atoms with Crippen molar-refractivity contribution in [2.45, 2.75) is 31.0 Å². The zero-order valence-corrected chi connectivity index (χ0v) is 10.9. The molecule has 0 spiro atoms. The number of rotatable bonds is 5. The van der Waals surface area contributed by atoms with E-state index in [1.165, 1.54) is 0 Å². The summed E-state index contributed by atoms with van der Waals surface area (Å²) in [7, 11) is 0. The fraction of sp³-hybridized carbons (Fsp3) is 0.417. The highest BCUT2D eigenvalue weighted by molar-refractivity contribution is 9.10. The number of ketones is 1. The zero-order chi connectivity index (χ0) is 13.0. The molecule has 0 aliphatic rings. The summed E-state index contributed by atoms with van der Waals surface area (Å²) in [6.45, 7) is 1.87. The van der Waals surface area contributed by atoms with Gasteiger partial charge in [0, 0.05) is 6.42 Å². The van der Waals surface area contributed by atoms with E-state index in [2.05, 4.69) is 15.9 Å². The van der Waals surface area contributed by atoms with Gasteiger partial charge in [0.1, 0.15) is 5.78 Å². The van der Waals surface area contributed by atoms with Gasteiger partial charge in [0.05, 0.1) is 4.83 Å². The van der Waals surface area contributed by atoms with E-state index < -0.39 is 22.3 Å². The van der Waals surface area contributed by atoms with Crippen molar-refractivity contribution in [3.63, 3.8) is 0 Å². The molecular weight excluding hydrogens is 297 g/mol. The number of hydrogen-bond donors (Lipinski definition) is 0. The van der Waals surface area contributed by atoms with Gasteiger partial charge in [0.2, 0.25) is 0 Å². The molecule has 0 aliphatic heterocycles. The molecule has 0 saturated carbocycles. The van der Waals surface area contributed by atoms with Gasteiger partial charge in [-0.2, -0.15) is 0 Å². The van der Waals surface area contributed by atoms with Crippen LogP contribution in [-0.4, -0.2) is 10.6 Å². The standard InChI is InChI=1S/C12H12BrF3O/c1-2-3-11(17)8(13)4-7-5-9(14)12(16)10(15)6-7/h5-6,8H,2-4H2,1H3. The highest BCUT2D eigenvalue weighted by Crippen LogP contribution is 2.18. The lowest BCUT2D eigenvalue weighted by molar-refractivity contribution is -0.118. The lowest BCUT2D eigenvalue weighted by Gasteiger charge is -2.09. The van der Waals surface area contributed by atoms with Crippen molar-refractivity contribution in [1.29, 1.82) is 0 Å². The second-order valence-corrected chi connectivity index (χ2v) is 4.87. The molecule has 0 radical (unpaired) electrons. The maximum atomic E-state index is 12.9. The van der Waals surface area contributed by atoms with Crippen molar-refractivity contribution >= 4 is 21.7 Å². The molecule has 1 atom stereocenters. The van der Waals surface area contributed by atoms with E-state index in [9.17, 15) is 18.0 Å². The van der Waals surface area contributed by atoms with Crippen LogP contribution in [0.5, 0.6) is 0 Å². The summed E-state index contributed by atoms with van der Waals surface area (Å²) in [6.07, 6.45) is 1.27. The molecular formula is C12H12BrF3O. The smallest absolute Gasteiger partial charge is 0.194 e. The molecule has 1 nitrogen and oxygen atoms in total. The molecule has 0 fully saturated rings. The van der Waals surface area contributed by atoms with Crippen molar-refractivity contribution < 1.29 is 18.0 Å². The first-order valence-corrected chi connectivity index (χ1v) is 6.17. The Bertz CT molecular complexity index is 397. The SMILES string of the molecule is CCCC(=O)C(Br)Cc1cc(F)c(F)c(F)c1. The fourth-order valence-electron chi connectivity index (χ4n) is 1.45. The molecule has 1 rings (SSSR count). The van der Waals surface area contributed by atoms with Crippen LogP contribution in [-0.2, 0) is 11.2 Å². The first kappa shape index (κ1) is 14.2. The van der Waals surface area contributed by atoms with E-state index in [1.807, 2.05) is 6.92 Å². The van der Waals surface area contributed by atoms with Crippen molar-refractivity contribution in [2.24, 2.45) is 0 Å². The van der Waals surface area contributed by atoms with Crippen molar-refractivity contribution in [3.8, 4) is 0 Å². The third kappa shape index (κ3) is 3.84. The molecule has 0 heterocycles. The van der Waals surface area contributed by atoms with Crippen LogP contribution in [0.4, 0.5) is 13.2 Å². The fourth-order valence-corrected chi connectivity index (χ4v) is 2.05. The molecule has 1 unspecified atom stereocenters. The lowest BCUT2D eigenvalue weighted by atomic mass is 10.0. The molecule has 0 aromatic heterocycles. The van der Waals surface area contributed by atoms with E-state index in [1.54, 1.807) is 0 Å². The van der Waals surface area contributed by atoms with Gasteiger partial charge in [-0.15, -0.1) is 0 Å². The minimum atomic E-state index is -1.49. The van der Waals surface area contributed by atoms with Crippen LogP contribution >= 0.6 is 15.9 Å². The summed E-state index contributed by atoms with van der Waals surface area (Å²) in [5.74, 6) is -3.98. The number of Topliss-reactive ketones (excluding diaryl/α,β-unsaturated/α-hetero) is 1. The van der Waals surface area contributed by atoms with Crippen molar-refractivity contribution in [1.82, 2.24) is 0 Å². The first-order chi connectivity index (χ1) is 7.95. The van der Waals surface area contributed by atoms with Crippen LogP contribution in [0.1, 0.15) is 25.3 Å². The Morgan fingerprint density at radius 1 is 1.29 bits per heavy atom. The molecule has 0 saturated heterocycles. The molecule has 0 aliphatic carbocycles. The average Bonchev–Trinajstić information content (AvgIpc) is 2.26. The number of carbonyl (C=O) groups excluding carboxylic acids is 1. The van der Waals surface area contributed by atoms with Crippen LogP contribution in [0.15, 0.2) is 12.1 Å². The van der Waals surface area contributed by atoms with Crippen LogP contribution < -0.4 is 0 Å². The van der Waals surface area contributed by atoms with E-state index >= 15 is 0 Å². The van der Waals surface area contributed by atoms with Gasteiger partial charge in [0.15, 0.2) is 17.5 Å². The van der Waals surface area contributed by atoms with E-state index in [4.69, 9.17) is 0 Å². The minimum Gasteiger partial charge on any atom is -0.298 e. The number of benzene rings is 1. The van der Waals surface area contributed by atoms with E-state index in [0.717, 1.165) is 12.1 Å². The Morgan fingerprint density at radius 3 is 2.29 bits per heavy atom. The van der Waals surface area contributed by atoms with Gasteiger partial charge in [-0.1, -0.05) is 22.9 Å². The predicted molar refractivity (Wildman–Crippen MR) is 62.7 cm³/mol. The van der Waals surface area contributed by atoms with E-state index in [0.29, 0.717) is 12.8 Å². The third-order valence-electron chi connectivity index (χ3n) is 2.30. The maximum absolute atomic E-state index is 12.9. The molecule has 5 heteroatoms. The summed E-state index contributed by atoms with van der Waals surface area (Å²) in [5, 5.41) is 0. The second kappa shape index (κ2) is 6.19. The Labute approximate surface area is 106 Å². The van der Waals surface area contributed by atoms with Crippen molar-refractivity contribution in [2.75, 3.05) is 0 Å². The molecule has 94 valence electrons. The normalized spacial score (nSPS) is 12.5. The monoisotopic (exact) mass is 308 g/mol.